The van der Waals surface area contributed by atoms with E-state index in [0.717, 1.165) is 38.1 Å². The first kappa shape index (κ1) is 16.5. The van der Waals surface area contributed by atoms with Crippen LogP contribution in [-0.4, -0.2) is 28.9 Å². The van der Waals surface area contributed by atoms with Crippen molar-refractivity contribution in [1.82, 2.24) is 9.80 Å². The molecule has 1 spiro atoms. The Bertz CT molecular complexity index is 638. The van der Waals surface area contributed by atoms with Crippen molar-refractivity contribution < 1.29 is 9.53 Å². The van der Waals surface area contributed by atoms with Gasteiger partial charge < -0.3 is 9.64 Å². The minimum absolute atomic E-state index is 0.0945. The van der Waals surface area contributed by atoms with Crippen LogP contribution >= 0.6 is 0 Å². The second-order valence-corrected chi connectivity index (χ2v) is 7.89. The summed E-state index contributed by atoms with van der Waals surface area (Å²) in [6.07, 6.45) is 22.4. The maximum absolute atomic E-state index is 12.9. The highest BCUT2D eigenvalue weighted by Gasteiger charge is 2.41. The first-order valence-electron chi connectivity index (χ1n) is 9.70. The molecule has 4 heteroatoms. The van der Waals surface area contributed by atoms with Crippen molar-refractivity contribution in [1.29, 1.82) is 0 Å². The maximum Gasteiger partial charge on any atom is 0.328 e. The summed E-state index contributed by atoms with van der Waals surface area (Å²) in [4.78, 5) is 16.7. The first-order valence-corrected chi connectivity index (χ1v) is 9.70. The van der Waals surface area contributed by atoms with E-state index in [1.165, 1.54) is 44.1 Å². The minimum atomic E-state index is 0.0945. The quantitative estimate of drug-likeness (QED) is 0.703. The second kappa shape index (κ2) is 7.11. The van der Waals surface area contributed by atoms with Gasteiger partial charge in [-0.25, -0.2) is 4.79 Å². The normalized spacial score (nSPS) is 25.0. The van der Waals surface area contributed by atoms with Gasteiger partial charge in [0, 0.05) is 25.7 Å². The number of carbonyl (C=O) groups is 1. The number of allylic oxidation sites excluding steroid dienone is 4. The summed E-state index contributed by atoms with van der Waals surface area (Å²) in [7, 11) is 0. The number of hydrogen-bond acceptors (Lipinski definition) is 2. The number of carbonyl (C=O) groups excluding carboxylic acids is 1. The number of nitrogens with zero attached hydrogens (tertiary/aromatic N) is 2. The molecule has 2 fully saturated rings. The fraction of sp³-hybridized carbons (Fsp3) is 0.571. The van der Waals surface area contributed by atoms with Crippen LogP contribution in [0, 0.1) is 5.41 Å². The smallest absolute Gasteiger partial charge is 0.328 e. The highest BCUT2D eigenvalue weighted by atomic mass is 16.5. The van der Waals surface area contributed by atoms with E-state index >= 15 is 0 Å². The van der Waals surface area contributed by atoms with Gasteiger partial charge in [0.1, 0.15) is 12.0 Å². The van der Waals surface area contributed by atoms with Crippen molar-refractivity contribution in [2.45, 2.75) is 57.8 Å². The van der Waals surface area contributed by atoms with Crippen molar-refractivity contribution in [2.24, 2.45) is 5.41 Å². The van der Waals surface area contributed by atoms with Gasteiger partial charge >= 0.3 is 6.03 Å². The number of urea groups is 1. The summed E-state index contributed by atoms with van der Waals surface area (Å²) in [6, 6.07) is 0.0945. The lowest BCUT2D eigenvalue weighted by Crippen LogP contribution is -2.39. The van der Waals surface area contributed by atoms with Gasteiger partial charge in [0.15, 0.2) is 0 Å². The molecule has 25 heavy (non-hydrogen) atoms. The van der Waals surface area contributed by atoms with Crippen LogP contribution in [0.15, 0.2) is 48.2 Å². The summed E-state index contributed by atoms with van der Waals surface area (Å²) in [5.74, 6) is 0.851. The maximum atomic E-state index is 12.9. The molecule has 0 radical (unpaired) electrons. The van der Waals surface area contributed by atoms with Crippen molar-refractivity contribution in [3.05, 3.63) is 48.2 Å². The molecule has 2 aliphatic carbocycles. The predicted molar refractivity (Wildman–Crippen MR) is 98.3 cm³/mol. The molecule has 1 saturated carbocycles. The molecule has 0 bridgehead atoms. The van der Waals surface area contributed by atoms with Crippen LogP contribution < -0.4 is 0 Å². The molecule has 1 saturated heterocycles. The summed E-state index contributed by atoms with van der Waals surface area (Å²) < 4.78 is 5.64. The Morgan fingerprint density at radius 1 is 1.20 bits per heavy atom. The van der Waals surface area contributed by atoms with E-state index in [2.05, 4.69) is 18.2 Å². The Labute approximate surface area is 150 Å². The van der Waals surface area contributed by atoms with Crippen LogP contribution in [0.2, 0.25) is 0 Å². The van der Waals surface area contributed by atoms with Gasteiger partial charge in [-0.2, -0.15) is 0 Å². The van der Waals surface area contributed by atoms with Crippen LogP contribution in [0.25, 0.3) is 0 Å². The van der Waals surface area contributed by atoms with E-state index in [0.29, 0.717) is 5.41 Å². The van der Waals surface area contributed by atoms with Crippen molar-refractivity contribution in [3.8, 4) is 0 Å². The van der Waals surface area contributed by atoms with E-state index in [-0.39, 0.29) is 6.03 Å². The average molecular weight is 340 g/mol. The van der Waals surface area contributed by atoms with Crippen LogP contribution in [0.1, 0.15) is 57.8 Å². The monoisotopic (exact) mass is 340 g/mol. The molecule has 4 aliphatic rings. The predicted octanol–water partition coefficient (Wildman–Crippen LogP) is 5.07. The van der Waals surface area contributed by atoms with E-state index < -0.39 is 0 Å². The van der Waals surface area contributed by atoms with E-state index in [9.17, 15) is 4.79 Å². The zero-order chi connectivity index (χ0) is 17.1. The molecular weight excluding hydrogens is 312 g/mol. The third kappa shape index (κ3) is 3.68. The van der Waals surface area contributed by atoms with E-state index in [1.807, 2.05) is 11.1 Å². The Morgan fingerprint density at radius 3 is 2.88 bits per heavy atom. The molecule has 2 heterocycles. The van der Waals surface area contributed by atoms with Crippen LogP contribution in [-0.2, 0) is 4.74 Å². The number of ether oxygens (including phenoxy) is 1. The summed E-state index contributed by atoms with van der Waals surface area (Å²) in [5.41, 5.74) is 1.76. The number of rotatable bonds is 2. The Hall–Kier alpha value is -1.97. The molecule has 134 valence electrons. The van der Waals surface area contributed by atoms with Crippen LogP contribution in [0.4, 0.5) is 4.79 Å². The largest absolute Gasteiger partial charge is 0.466 e. The molecule has 2 aliphatic heterocycles. The molecule has 4 rings (SSSR count). The third-order valence-corrected chi connectivity index (χ3v) is 6.07. The lowest BCUT2D eigenvalue weighted by Gasteiger charge is -2.33. The lowest BCUT2D eigenvalue weighted by molar-refractivity contribution is 0.163. The van der Waals surface area contributed by atoms with Gasteiger partial charge in [-0.1, -0.05) is 43.1 Å². The van der Waals surface area contributed by atoms with E-state index in [1.54, 1.807) is 17.4 Å². The molecule has 0 aromatic carbocycles. The molecule has 0 aromatic rings. The number of likely N-dealkylation sites (tertiary alicyclic amines) is 1. The first-order chi connectivity index (χ1) is 12.2. The zero-order valence-corrected chi connectivity index (χ0v) is 15.0. The van der Waals surface area contributed by atoms with Crippen LogP contribution in [0.3, 0.4) is 0 Å². The van der Waals surface area contributed by atoms with Gasteiger partial charge in [0.2, 0.25) is 0 Å². The molecule has 0 unspecified atom stereocenters. The molecule has 0 N–H and O–H groups in total. The van der Waals surface area contributed by atoms with Gasteiger partial charge in [-0.05, 0) is 37.5 Å². The minimum Gasteiger partial charge on any atom is -0.466 e. The highest BCUT2D eigenvalue weighted by molar-refractivity contribution is 5.77. The van der Waals surface area contributed by atoms with Crippen LogP contribution in [0.5, 0.6) is 0 Å². The second-order valence-electron chi connectivity index (χ2n) is 7.89. The SMILES string of the molecule is O=C(N1C=COC(CC2=CC=CCC2)=C1)N1CCC2(CCCCC2)C1. The Balaban J connectivity index is 1.39. The summed E-state index contributed by atoms with van der Waals surface area (Å²) in [6.45, 7) is 1.82. The molecule has 2 amide bonds. The van der Waals surface area contributed by atoms with Crippen molar-refractivity contribution >= 4 is 6.03 Å². The Morgan fingerprint density at radius 2 is 2.08 bits per heavy atom. The van der Waals surface area contributed by atoms with Crippen molar-refractivity contribution in [3.63, 3.8) is 0 Å². The fourth-order valence-electron chi connectivity index (χ4n) is 4.61. The fourth-order valence-corrected chi connectivity index (χ4v) is 4.61. The average Bonchev–Trinajstić information content (AvgIpc) is 3.06. The standard InChI is InChI=1S/C21H28N2O2/c24-20(23-12-11-21(17-23)9-5-2-6-10-21)22-13-14-25-19(16-22)15-18-7-3-1-4-8-18/h1,3,7,13-14,16H,2,4-6,8-12,15,17H2. The van der Waals surface area contributed by atoms with Gasteiger partial charge in [0.05, 0.1) is 6.20 Å². The van der Waals surface area contributed by atoms with Crippen molar-refractivity contribution in [2.75, 3.05) is 13.1 Å². The van der Waals surface area contributed by atoms with Gasteiger partial charge in [-0.3, -0.25) is 4.90 Å². The topological polar surface area (TPSA) is 32.8 Å². The molecule has 0 atom stereocenters. The third-order valence-electron chi connectivity index (χ3n) is 6.07. The van der Waals surface area contributed by atoms with Gasteiger partial charge in [-0.15, -0.1) is 0 Å². The highest BCUT2D eigenvalue weighted by Crippen LogP contribution is 2.44. The molecular formula is C21H28N2O2. The number of amides is 2. The molecule has 4 nitrogen and oxygen atoms in total. The van der Waals surface area contributed by atoms with Gasteiger partial charge in [0.25, 0.3) is 0 Å². The number of hydrogen-bond donors (Lipinski definition) is 0. The lowest BCUT2D eigenvalue weighted by atomic mass is 9.73. The zero-order valence-electron chi connectivity index (χ0n) is 15.0. The Kier molecular flexibility index (Phi) is 4.69. The summed E-state index contributed by atoms with van der Waals surface area (Å²) in [5, 5.41) is 0. The van der Waals surface area contributed by atoms with E-state index in [4.69, 9.17) is 4.74 Å². The summed E-state index contributed by atoms with van der Waals surface area (Å²) >= 11 is 0. The molecule has 0 aromatic heterocycles.